The van der Waals surface area contributed by atoms with Crippen molar-refractivity contribution in [3.8, 4) is 0 Å². The number of hydrogen-bond acceptors (Lipinski definition) is 5. The number of para-hydroxylation sites is 2. The summed E-state index contributed by atoms with van der Waals surface area (Å²) >= 11 is 6.54. The molecule has 3 rings (SSSR count). The number of piperidine rings is 1. The molecule has 2 aromatic rings. The number of carboxylic acid groups (broad SMARTS) is 1. The first-order valence-corrected chi connectivity index (χ1v) is 10.6. The molecule has 31 heavy (non-hydrogen) atoms. The fourth-order valence-electron chi connectivity index (χ4n) is 3.58. The average Bonchev–Trinajstić information content (AvgIpc) is 2.68. The van der Waals surface area contributed by atoms with Crippen LogP contribution in [0.3, 0.4) is 0 Å². The maximum atomic E-state index is 12.1. The van der Waals surface area contributed by atoms with Crippen LogP contribution in [0.5, 0.6) is 0 Å². The molecule has 8 heteroatoms. The number of nitrogens with zero attached hydrogens (tertiary/aromatic N) is 1. The fourth-order valence-corrected chi connectivity index (χ4v) is 3.88. The molecule has 3 N–H and O–H groups in total. The lowest BCUT2D eigenvalue weighted by Gasteiger charge is -2.35. The summed E-state index contributed by atoms with van der Waals surface area (Å²) in [6.45, 7) is 6.90. The van der Waals surface area contributed by atoms with E-state index in [4.69, 9.17) is 16.3 Å². The van der Waals surface area contributed by atoms with Crippen molar-refractivity contribution in [2.45, 2.75) is 45.3 Å². The smallest absolute Gasteiger partial charge is 0.407 e. The van der Waals surface area contributed by atoms with Crippen LogP contribution in [0.2, 0.25) is 5.02 Å². The van der Waals surface area contributed by atoms with Crippen molar-refractivity contribution in [1.82, 2.24) is 5.32 Å². The van der Waals surface area contributed by atoms with Crippen LogP contribution in [0.4, 0.5) is 21.9 Å². The van der Waals surface area contributed by atoms with Crippen molar-refractivity contribution in [3.63, 3.8) is 0 Å². The minimum absolute atomic E-state index is 0.0257. The van der Waals surface area contributed by atoms with Crippen LogP contribution in [-0.2, 0) is 4.74 Å². The van der Waals surface area contributed by atoms with Crippen LogP contribution in [0.1, 0.15) is 44.0 Å². The monoisotopic (exact) mass is 445 g/mol. The third kappa shape index (κ3) is 6.04. The van der Waals surface area contributed by atoms with E-state index in [2.05, 4.69) is 15.5 Å². The summed E-state index contributed by atoms with van der Waals surface area (Å²) in [5, 5.41) is 16.2. The Morgan fingerprint density at radius 2 is 1.71 bits per heavy atom. The molecular weight excluding hydrogens is 418 g/mol. The van der Waals surface area contributed by atoms with Crippen molar-refractivity contribution in [3.05, 3.63) is 53.1 Å². The summed E-state index contributed by atoms with van der Waals surface area (Å²) in [6.07, 6.45) is 1.09. The second-order valence-electron chi connectivity index (χ2n) is 8.52. The van der Waals surface area contributed by atoms with Crippen molar-refractivity contribution in [2.75, 3.05) is 23.3 Å². The molecule has 2 aromatic carbocycles. The second-order valence-corrected chi connectivity index (χ2v) is 8.93. The lowest BCUT2D eigenvalue weighted by atomic mass is 10.0. The quantitative estimate of drug-likeness (QED) is 0.580. The SMILES string of the molecule is CC(C)(C)OC(=O)NC1CCN(c2c(Cl)cccc2Nc2ccccc2C(=O)O)CC1. The van der Waals surface area contributed by atoms with E-state index < -0.39 is 17.7 Å². The highest BCUT2D eigenvalue weighted by Crippen LogP contribution is 2.37. The van der Waals surface area contributed by atoms with Gasteiger partial charge in [-0.1, -0.05) is 29.8 Å². The average molecular weight is 446 g/mol. The number of ether oxygens (including phenoxy) is 1. The van der Waals surface area contributed by atoms with Crippen LogP contribution in [0, 0.1) is 0 Å². The fraction of sp³-hybridized carbons (Fsp3) is 0.391. The van der Waals surface area contributed by atoms with Crippen molar-refractivity contribution in [1.29, 1.82) is 0 Å². The molecule has 0 spiro atoms. The highest BCUT2D eigenvalue weighted by Gasteiger charge is 2.26. The summed E-state index contributed by atoms with van der Waals surface area (Å²) in [6, 6.07) is 12.3. The molecule has 0 aliphatic carbocycles. The van der Waals surface area contributed by atoms with Gasteiger partial charge in [-0.3, -0.25) is 0 Å². The van der Waals surface area contributed by atoms with Crippen LogP contribution in [0.15, 0.2) is 42.5 Å². The largest absolute Gasteiger partial charge is 0.478 e. The lowest BCUT2D eigenvalue weighted by Crippen LogP contribution is -2.46. The van der Waals surface area contributed by atoms with E-state index in [1.807, 2.05) is 39.0 Å². The van der Waals surface area contributed by atoms with Crippen LogP contribution in [-0.4, -0.2) is 41.9 Å². The van der Waals surface area contributed by atoms with Gasteiger partial charge >= 0.3 is 12.1 Å². The molecule has 1 saturated heterocycles. The molecule has 0 unspecified atom stereocenters. The summed E-state index contributed by atoms with van der Waals surface area (Å²) in [5.41, 5.74) is 1.71. The lowest BCUT2D eigenvalue weighted by molar-refractivity contribution is 0.0496. The third-order valence-corrected chi connectivity index (χ3v) is 5.25. The highest BCUT2D eigenvalue weighted by molar-refractivity contribution is 6.34. The predicted molar refractivity (Wildman–Crippen MR) is 123 cm³/mol. The molecule has 0 radical (unpaired) electrons. The molecule has 7 nitrogen and oxygen atoms in total. The molecule has 166 valence electrons. The molecule has 1 aliphatic heterocycles. The van der Waals surface area contributed by atoms with Gasteiger partial charge in [0.05, 0.1) is 27.6 Å². The number of aromatic carboxylic acids is 1. The van der Waals surface area contributed by atoms with E-state index >= 15 is 0 Å². The molecule has 1 fully saturated rings. The van der Waals surface area contributed by atoms with Gasteiger partial charge in [-0.2, -0.15) is 0 Å². The Morgan fingerprint density at radius 1 is 1.06 bits per heavy atom. The van der Waals surface area contributed by atoms with Gasteiger partial charge < -0.3 is 25.4 Å². The molecule has 0 atom stereocenters. The zero-order valence-electron chi connectivity index (χ0n) is 17.9. The third-order valence-electron chi connectivity index (χ3n) is 4.95. The standard InChI is InChI=1S/C23H28ClN3O4/c1-23(2,3)31-22(30)25-15-11-13-27(14-12-15)20-17(24)8-6-10-19(20)26-18-9-5-4-7-16(18)21(28)29/h4-10,15,26H,11-14H2,1-3H3,(H,25,30)(H,28,29). The predicted octanol–water partition coefficient (Wildman–Crippen LogP) is 5.28. The first kappa shape index (κ1) is 22.7. The first-order chi connectivity index (χ1) is 14.6. The summed E-state index contributed by atoms with van der Waals surface area (Å²) < 4.78 is 5.34. The molecule has 1 amide bonds. The van der Waals surface area contributed by atoms with Gasteiger partial charge in [0.15, 0.2) is 0 Å². The first-order valence-electron chi connectivity index (χ1n) is 10.3. The van der Waals surface area contributed by atoms with Gasteiger partial charge in [-0.05, 0) is 57.9 Å². The zero-order chi connectivity index (χ0) is 22.6. The number of carbonyl (C=O) groups excluding carboxylic acids is 1. The van der Waals surface area contributed by atoms with Crippen molar-refractivity contribution in [2.24, 2.45) is 0 Å². The number of amides is 1. The number of nitrogens with one attached hydrogen (secondary N) is 2. The van der Waals surface area contributed by atoms with Crippen LogP contribution in [0.25, 0.3) is 0 Å². The van der Waals surface area contributed by atoms with E-state index in [0.29, 0.717) is 23.8 Å². The Morgan fingerprint density at radius 3 is 2.35 bits per heavy atom. The van der Waals surface area contributed by atoms with E-state index in [1.165, 1.54) is 0 Å². The van der Waals surface area contributed by atoms with E-state index in [0.717, 1.165) is 24.2 Å². The van der Waals surface area contributed by atoms with Gasteiger partial charge in [-0.15, -0.1) is 0 Å². The minimum atomic E-state index is -0.999. The Hall–Kier alpha value is -2.93. The number of alkyl carbamates (subject to hydrolysis) is 1. The van der Waals surface area contributed by atoms with Gasteiger partial charge in [0.1, 0.15) is 5.60 Å². The molecule has 1 aliphatic rings. The molecule has 0 saturated carbocycles. The Bertz CT molecular complexity index is 950. The highest BCUT2D eigenvalue weighted by atomic mass is 35.5. The van der Waals surface area contributed by atoms with Gasteiger partial charge in [0.2, 0.25) is 0 Å². The number of carbonyl (C=O) groups is 2. The van der Waals surface area contributed by atoms with Crippen LogP contribution >= 0.6 is 11.6 Å². The number of rotatable bonds is 5. The maximum absolute atomic E-state index is 12.1. The Kier molecular flexibility index (Phi) is 6.95. The summed E-state index contributed by atoms with van der Waals surface area (Å²) in [4.78, 5) is 25.8. The number of benzene rings is 2. The molecule has 0 bridgehead atoms. The normalized spacial score (nSPS) is 14.8. The minimum Gasteiger partial charge on any atom is -0.478 e. The number of halogens is 1. The number of anilines is 3. The maximum Gasteiger partial charge on any atom is 0.407 e. The van der Waals surface area contributed by atoms with Crippen molar-refractivity contribution < 1.29 is 19.4 Å². The summed E-state index contributed by atoms with van der Waals surface area (Å²) in [5.74, 6) is -0.999. The summed E-state index contributed by atoms with van der Waals surface area (Å²) in [7, 11) is 0. The van der Waals surface area contributed by atoms with Gasteiger partial charge in [0.25, 0.3) is 0 Å². The van der Waals surface area contributed by atoms with Crippen molar-refractivity contribution >= 4 is 40.7 Å². The van der Waals surface area contributed by atoms with Gasteiger partial charge in [0, 0.05) is 19.1 Å². The number of hydrogen-bond donors (Lipinski definition) is 3. The Balaban J connectivity index is 1.72. The van der Waals surface area contributed by atoms with Gasteiger partial charge in [-0.25, -0.2) is 9.59 Å². The Labute approximate surface area is 187 Å². The van der Waals surface area contributed by atoms with E-state index in [-0.39, 0.29) is 11.6 Å². The topological polar surface area (TPSA) is 90.9 Å². The second kappa shape index (κ2) is 9.47. The molecule has 0 aromatic heterocycles. The zero-order valence-corrected chi connectivity index (χ0v) is 18.7. The number of carboxylic acids is 1. The van der Waals surface area contributed by atoms with E-state index in [9.17, 15) is 14.7 Å². The molecular formula is C23H28ClN3O4. The molecule has 1 heterocycles. The van der Waals surface area contributed by atoms with Crippen LogP contribution < -0.4 is 15.5 Å². The van der Waals surface area contributed by atoms with E-state index in [1.54, 1.807) is 24.3 Å².